The molecule has 200 valence electrons. The summed E-state index contributed by atoms with van der Waals surface area (Å²) in [5, 5.41) is 22.0. The molecule has 1 N–H and O–H groups in total. The van der Waals surface area contributed by atoms with Crippen molar-refractivity contribution in [2.75, 3.05) is 31.1 Å². The van der Waals surface area contributed by atoms with E-state index in [1.54, 1.807) is 6.07 Å². The van der Waals surface area contributed by atoms with E-state index >= 15 is 0 Å². The highest BCUT2D eigenvalue weighted by atomic mass is 19.1. The summed E-state index contributed by atoms with van der Waals surface area (Å²) in [6, 6.07) is 6.48. The summed E-state index contributed by atoms with van der Waals surface area (Å²) in [4.78, 5) is 19.6. The van der Waals surface area contributed by atoms with Crippen molar-refractivity contribution in [3.05, 3.63) is 46.8 Å². The topological polar surface area (TPSA) is 97.7 Å². The average molecular weight is 520 g/mol. The first-order valence-electron chi connectivity index (χ1n) is 13.4. The predicted octanol–water partition coefficient (Wildman–Crippen LogP) is 2.08. The average Bonchev–Trinajstić information content (AvgIpc) is 3.44. The Bertz CT molecular complexity index is 1430. The van der Waals surface area contributed by atoms with Crippen molar-refractivity contribution in [2.45, 2.75) is 71.4 Å². The van der Waals surface area contributed by atoms with Crippen LogP contribution in [0.1, 0.15) is 56.4 Å². The Labute approximate surface area is 221 Å². The van der Waals surface area contributed by atoms with E-state index in [4.69, 9.17) is 5.10 Å². The fourth-order valence-electron chi connectivity index (χ4n) is 6.45. The minimum Gasteiger partial charge on any atom is -0.362 e. The van der Waals surface area contributed by atoms with E-state index in [9.17, 15) is 14.4 Å². The number of fused-ring (bicyclic) bond motifs is 4. The summed E-state index contributed by atoms with van der Waals surface area (Å²) in [6.45, 7) is 12.3. The number of rotatable bonds is 3. The number of amides is 1. The summed E-state index contributed by atoms with van der Waals surface area (Å²) < 4.78 is 18.3. The molecule has 0 unspecified atom stereocenters. The van der Waals surface area contributed by atoms with Crippen LogP contribution in [-0.2, 0) is 24.3 Å². The second-order valence-corrected chi connectivity index (χ2v) is 11.2. The van der Waals surface area contributed by atoms with Crippen LogP contribution in [0.3, 0.4) is 0 Å². The maximum atomic E-state index is 14.8. The molecule has 11 heteroatoms. The molecule has 0 saturated carbocycles. The van der Waals surface area contributed by atoms with Crippen molar-refractivity contribution in [1.82, 2.24) is 34.5 Å². The largest absolute Gasteiger partial charge is 0.362 e. The van der Waals surface area contributed by atoms with Crippen LogP contribution in [0.2, 0.25) is 0 Å². The van der Waals surface area contributed by atoms with Gasteiger partial charge in [-0.05, 0) is 46.2 Å². The SMILES string of the molecule is C[C@@H]1CN(c2ccc(C#N)n3ncc(F)c23)Cc2c3c(nn21)CN(CC(=O)N1C[C@H](C)N[C@@H](C)C1)[C@@H](C)C3. The lowest BCUT2D eigenvalue weighted by Gasteiger charge is -2.39. The van der Waals surface area contributed by atoms with Gasteiger partial charge >= 0.3 is 0 Å². The molecule has 1 saturated heterocycles. The van der Waals surface area contributed by atoms with E-state index in [1.165, 1.54) is 16.3 Å². The quantitative estimate of drug-likeness (QED) is 0.566. The smallest absolute Gasteiger partial charge is 0.236 e. The molecule has 1 amide bonds. The molecule has 0 bridgehead atoms. The zero-order valence-electron chi connectivity index (χ0n) is 22.4. The molecule has 0 radical (unpaired) electrons. The number of pyridine rings is 1. The lowest BCUT2D eigenvalue weighted by Crippen LogP contribution is -2.57. The van der Waals surface area contributed by atoms with E-state index in [1.807, 2.05) is 11.0 Å². The number of nitrogens with one attached hydrogen (secondary N) is 1. The summed E-state index contributed by atoms with van der Waals surface area (Å²) in [5.74, 6) is -0.259. The zero-order chi connectivity index (χ0) is 26.7. The van der Waals surface area contributed by atoms with E-state index in [-0.39, 0.29) is 18.0 Å². The molecule has 1 fully saturated rings. The van der Waals surface area contributed by atoms with Crippen molar-refractivity contribution >= 4 is 17.1 Å². The Kier molecular flexibility index (Phi) is 6.12. The van der Waals surface area contributed by atoms with Crippen LogP contribution in [0.15, 0.2) is 18.3 Å². The monoisotopic (exact) mass is 519 g/mol. The highest BCUT2D eigenvalue weighted by molar-refractivity contribution is 5.78. The van der Waals surface area contributed by atoms with Crippen LogP contribution in [0, 0.1) is 17.1 Å². The number of nitrogens with zero attached hydrogens (tertiary/aromatic N) is 8. The van der Waals surface area contributed by atoms with Crippen molar-refractivity contribution in [1.29, 1.82) is 5.26 Å². The molecule has 10 nitrogen and oxygen atoms in total. The van der Waals surface area contributed by atoms with Gasteiger partial charge < -0.3 is 15.1 Å². The number of piperazine rings is 1. The highest BCUT2D eigenvalue weighted by Crippen LogP contribution is 2.35. The number of hydrogen-bond donors (Lipinski definition) is 1. The van der Waals surface area contributed by atoms with Gasteiger partial charge in [0.2, 0.25) is 5.91 Å². The second kappa shape index (κ2) is 9.36. The van der Waals surface area contributed by atoms with Gasteiger partial charge in [0.05, 0.1) is 42.4 Å². The third-order valence-electron chi connectivity index (χ3n) is 8.22. The minimum absolute atomic E-state index is 0.0836. The van der Waals surface area contributed by atoms with Crippen LogP contribution < -0.4 is 10.2 Å². The molecule has 3 aromatic heterocycles. The standard InChI is InChI=1S/C27H34FN9O/c1-16-10-35(11-17(2)31-16)26(38)15-33-13-23-21(7-18(33)3)25-14-34(12-19(4)36(25)32-23)24-6-5-20(8-29)37-27(24)22(28)9-30-37/h5-6,9,16-19,31H,7,10-15H2,1-4H3/t16-,17-,18-,19+/m0/s1. The van der Waals surface area contributed by atoms with Crippen LogP contribution in [0.25, 0.3) is 5.52 Å². The van der Waals surface area contributed by atoms with E-state index < -0.39 is 5.82 Å². The number of anilines is 1. The van der Waals surface area contributed by atoms with E-state index in [2.05, 4.69) is 58.7 Å². The zero-order valence-corrected chi connectivity index (χ0v) is 22.4. The van der Waals surface area contributed by atoms with Crippen molar-refractivity contribution in [3.8, 4) is 6.07 Å². The van der Waals surface area contributed by atoms with Crippen LogP contribution in [-0.4, -0.2) is 79.4 Å². The first kappa shape index (κ1) is 24.8. The Morgan fingerprint density at radius 2 is 1.89 bits per heavy atom. The maximum absolute atomic E-state index is 14.8. The molecule has 0 aliphatic carbocycles. The van der Waals surface area contributed by atoms with Gasteiger partial charge in [0.25, 0.3) is 0 Å². The summed E-state index contributed by atoms with van der Waals surface area (Å²) in [5.41, 5.74) is 4.76. The minimum atomic E-state index is -0.437. The van der Waals surface area contributed by atoms with Crippen molar-refractivity contribution < 1.29 is 9.18 Å². The van der Waals surface area contributed by atoms with Gasteiger partial charge in [-0.15, -0.1) is 0 Å². The van der Waals surface area contributed by atoms with Crippen LogP contribution in [0.5, 0.6) is 0 Å². The van der Waals surface area contributed by atoms with Crippen molar-refractivity contribution in [3.63, 3.8) is 0 Å². The first-order chi connectivity index (χ1) is 18.2. The van der Waals surface area contributed by atoms with Gasteiger partial charge in [-0.3, -0.25) is 14.4 Å². The number of aromatic nitrogens is 4. The molecule has 0 spiro atoms. The molecule has 4 atom stereocenters. The van der Waals surface area contributed by atoms with Gasteiger partial charge in [0, 0.05) is 49.9 Å². The fraction of sp³-hybridized carbons (Fsp3) is 0.556. The predicted molar refractivity (Wildman–Crippen MR) is 140 cm³/mol. The van der Waals surface area contributed by atoms with Gasteiger partial charge in [0.15, 0.2) is 5.82 Å². The molecular formula is C27H34FN9O. The third-order valence-corrected chi connectivity index (χ3v) is 8.22. The Hall–Kier alpha value is -3.49. The van der Waals surface area contributed by atoms with Gasteiger partial charge in [0.1, 0.15) is 17.3 Å². The number of nitriles is 1. The molecule has 3 aliphatic heterocycles. The highest BCUT2D eigenvalue weighted by Gasteiger charge is 2.36. The summed E-state index contributed by atoms with van der Waals surface area (Å²) in [7, 11) is 0. The van der Waals surface area contributed by atoms with Crippen LogP contribution >= 0.6 is 0 Å². The Balaban J connectivity index is 1.25. The van der Waals surface area contributed by atoms with Gasteiger partial charge in [-0.25, -0.2) is 8.91 Å². The van der Waals surface area contributed by atoms with Crippen molar-refractivity contribution in [2.24, 2.45) is 0 Å². The summed E-state index contributed by atoms with van der Waals surface area (Å²) in [6.07, 6.45) is 1.98. The van der Waals surface area contributed by atoms with E-state index in [0.29, 0.717) is 49.5 Å². The van der Waals surface area contributed by atoms with E-state index in [0.717, 1.165) is 36.6 Å². The molecule has 6 heterocycles. The number of carbonyl (C=O) groups excluding carboxylic acids is 1. The van der Waals surface area contributed by atoms with Gasteiger partial charge in [-0.1, -0.05) is 0 Å². The lowest BCUT2D eigenvalue weighted by molar-refractivity contribution is -0.135. The molecule has 3 aliphatic rings. The number of halogens is 1. The van der Waals surface area contributed by atoms with Crippen LogP contribution in [0.4, 0.5) is 10.1 Å². The number of hydrogen-bond acceptors (Lipinski definition) is 7. The maximum Gasteiger partial charge on any atom is 0.236 e. The first-order valence-corrected chi connectivity index (χ1v) is 13.4. The normalized spacial score (nSPS) is 25.8. The second-order valence-electron chi connectivity index (χ2n) is 11.2. The molecular weight excluding hydrogens is 485 g/mol. The summed E-state index contributed by atoms with van der Waals surface area (Å²) >= 11 is 0. The molecule has 3 aromatic rings. The van der Waals surface area contributed by atoms with Gasteiger partial charge in [-0.2, -0.15) is 15.5 Å². The fourth-order valence-corrected chi connectivity index (χ4v) is 6.45. The Morgan fingerprint density at radius 1 is 1.13 bits per heavy atom. The molecule has 38 heavy (non-hydrogen) atoms. The number of carbonyl (C=O) groups is 1. The molecule has 6 rings (SSSR count). The molecule has 0 aromatic carbocycles. The third kappa shape index (κ3) is 4.12. The lowest BCUT2D eigenvalue weighted by atomic mass is 9.97. The Morgan fingerprint density at radius 3 is 2.63 bits per heavy atom.